The number of amides is 2. The van der Waals surface area contributed by atoms with Crippen LogP contribution >= 0.6 is 23.2 Å². The first-order chi connectivity index (χ1) is 10.5. The second-order valence-corrected chi connectivity index (χ2v) is 5.60. The third-order valence-electron chi connectivity index (χ3n) is 3.02. The van der Waals surface area contributed by atoms with E-state index in [2.05, 4.69) is 10.6 Å². The van der Waals surface area contributed by atoms with Crippen LogP contribution in [-0.2, 0) is 13.0 Å². The van der Waals surface area contributed by atoms with Crippen molar-refractivity contribution in [1.82, 2.24) is 10.6 Å². The van der Waals surface area contributed by atoms with Crippen LogP contribution in [0.1, 0.15) is 11.1 Å². The quantitative estimate of drug-likeness (QED) is 0.842. The van der Waals surface area contributed by atoms with Crippen molar-refractivity contribution in [3.8, 4) is 0 Å². The molecule has 0 aliphatic heterocycles. The van der Waals surface area contributed by atoms with Gasteiger partial charge in [-0.3, -0.25) is 0 Å². The zero-order valence-corrected chi connectivity index (χ0v) is 13.2. The van der Waals surface area contributed by atoms with E-state index in [-0.39, 0.29) is 18.4 Å². The molecular weight excluding hydrogens is 326 g/mol. The molecule has 2 aromatic carbocycles. The average molecular weight is 341 g/mol. The zero-order valence-electron chi connectivity index (χ0n) is 11.7. The van der Waals surface area contributed by atoms with Crippen molar-refractivity contribution in [2.75, 3.05) is 6.54 Å². The standard InChI is InChI=1S/C16H15Cl2FN2O/c17-13-7-11(8-14(18)9-13)5-6-20-16(22)21-10-12-3-1-2-4-15(12)19/h1-4,7-9H,5-6,10H2,(H2,20,21,22). The maximum atomic E-state index is 13.4. The molecule has 2 N–H and O–H groups in total. The molecule has 0 spiro atoms. The Balaban J connectivity index is 1.75. The first-order valence-corrected chi connectivity index (χ1v) is 7.50. The summed E-state index contributed by atoms with van der Waals surface area (Å²) in [4.78, 5) is 11.7. The summed E-state index contributed by atoms with van der Waals surface area (Å²) in [6, 6.07) is 11.2. The van der Waals surface area contributed by atoms with Gasteiger partial charge in [-0.05, 0) is 36.2 Å². The summed E-state index contributed by atoms with van der Waals surface area (Å²) < 4.78 is 13.4. The molecule has 0 atom stereocenters. The van der Waals surface area contributed by atoms with Gasteiger partial charge in [0.05, 0.1) is 0 Å². The summed E-state index contributed by atoms with van der Waals surface area (Å²) >= 11 is 11.8. The van der Waals surface area contributed by atoms with E-state index in [1.54, 1.807) is 36.4 Å². The van der Waals surface area contributed by atoms with Crippen LogP contribution in [0.25, 0.3) is 0 Å². The Morgan fingerprint density at radius 1 is 1.05 bits per heavy atom. The van der Waals surface area contributed by atoms with Crippen LogP contribution in [-0.4, -0.2) is 12.6 Å². The Labute approximate surface area is 138 Å². The second kappa shape index (κ2) is 8.01. The molecule has 3 nitrogen and oxygen atoms in total. The predicted molar refractivity (Wildman–Crippen MR) is 86.8 cm³/mol. The van der Waals surface area contributed by atoms with Gasteiger partial charge in [0, 0.05) is 28.7 Å². The second-order valence-electron chi connectivity index (χ2n) is 4.73. The fourth-order valence-electron chi connectivity index (χ4n) is 1.96. The third kappa shape index (κ3) is 5.20. The summed E-state index contributed by atoms with van der Waals surface area (Å²) in [5, 5.41) is 6.43. The highest BCUT2D eigenvalue weighted by atomic mass is 35.5. The maximum absolute atomic E-state index is 13.4. The number of carbonyl (C=O) groups excluding carboxylic acids is 1. The number of hydrogen-bond donors (Lipinski definition) is 2. The van der Waals surface area contributed by atoms with Crippen LogP contribution < -0.4 is 10.6 Å². The molecule has 0 aliphatic rings. The van der Waals surface area contributed by atoms with Crippen LogP contribution in [0.15, 0.2) is 42.5 Å². The van der Waals surface area contributed by atoms with E-state index in [1.165, 1.54) is 6.07 Å². The van der Waals surface area contributed by atoms with Gasteiger partial charge in [-0.1, -0.05) is 41.4 Å². The fourth-order valence-corrected chi connectivity index (χ4v) is 2.53. The molecule has 0 aliphatic carbocycles. The van der Waals surface area contributed by atoms with E-state index in [0.29, 0.717) is 28.6 Å². The number of rotatable bonds is 5. The smallest absolute Gasteiger partial charge is 0.315 e. The lowest BCUT2D eigenvalue weighted by Crippen LogP contribution is -2.36. The summed E-state index contributed by atoms with van der Waals surface area (Å²) in [7, 11) is 0. The van der Waals surface area contributed by atoms with Crippen molar-refractivity contribution in [1.29, 1.82) is 0 Å². The topological polar surface area (TPSA) is 41.1 Å². The zero-order chi connectivity index (χ0) is 15.9. The van der Waals surface area contributed by atoms with Gasteiger partial charge < -0.3 is 10.6 Å². The highest BCUT2D eigenvalue weighted by molar-refractivity contribution is 6.34. The van der Waals surface area contributed by atoms with Gasteiger partial charge in [0.2, 0.25) is 0 Å². The Morgan fingerprint density at radius 2 is 1.73 bits per heavy atom. The van der Waals surface area contributed by atoms with Crippen molar-refractivity contribution in [3.63, 3.8) is 0 Å². The molecule has 0 aromatic heterocycles. The third-order valence-corrected chi connectivity index (χ3v) is 3.46. The molecule has 6 heteroatoms. The minimum absolute atomic E-state index is 0.140. The molecular formula is C16H15Cl2FN2O. The van der Waals surface area contributed by atoms with Crippen LogP contribution in [0.5, 0.6) is 0 Å². The summed E-state index contributed by atoms with van der Waals surface area (Å²) in [6.07, 6.45) is 0.605. The first kappa shape index (κ1) is 16.6. The molecule has 0 heterocycles. The normalized spacial score (nSPS) is 10.3. The Bertz CT molecular complexity index is 644. The summed E-state index contributed by atoms with van der Waals surface area (Å²) in [5.74, 6) is -0.337. The van der Waals surface area contributed by atoms with Gasteiger partial charge in [-0.2, -0.15) is 0 Å². The molecule has 0 radical (unpaired) electrons. The van der Waals surface area contributed by atoms with E-state index in [0.717, 1.165) is 5.56 Å². The highest BCUT2D eigenvalue weighted by Crippen LogP contribution is 2.19. The molecule has 116 valence electrons. The lowest BCUT2D eigenvalue weighted by molar-refractivity contribution is 0.240. The van der Waals surface area contributed by atoms with Crippen LogP contribution in [0.4, 0.5) is 9.18 Å². The highest BCUT2D eigenvalue weighted by Gasteiger charge is 2.04. The number of carbonyl (C=O) groups is 1. The Morgan fingerprint density at radius 3 is 2.41 bits per heavy atom. The Kier molecular flexibility index (Phi) is 6.04. The van der Waals surface area contributed by atoms with Crippen LogP contribution in [0.2, 0.25) is 10.0 Å². The fraction of sp³-hybridized carbons (Fsp3) is 0.188. The van der Waals surface area contributed by atoms with E-state index < -0.39 is 0 Å². The minimum atomic E-state index is -0.351. The SMILES string of the molecule is O=C(NCCc1cc(Cl)cc(Cl)c1)NCc1ccccc1F. The minimum Gasteiger partial charge on any atom is -0.338 e. The first-order valence-electron chi connectivity index (χ1n) is 6.74. The number of hydrogen-bond acceptors (Lipinski definition) is 1. The molecule has 0 bridgehead atoms. The molecule has 0 saturated heterocycles. The lowest BCUT2D eigenvalue weighted by Gasteiger charge is -2.09. The monoisotopic (exact) mass is 340 g/mol. The van der Waals surface area contributed by atoms with Crippen molar-refractivity contribution >= 4 is 29.2 Å². The number of urea groups is 1. The van der Waals surface area contributed by atoms with Crippen LogP contribution in [0.3, 0.4) is 0 Å². The van der Waals surface area contributed by atoms with E-state index >= 15 is 0 Å². The van der Waals surface area contributed by atoms with E-state index in [4.69, 9.17) is 23.2 Å². The van der Waals surface area contributed by atoms with Crippen molar-refractivity contribution in [2.45, 2.75) is 13.0 Å². The van der Waals surface area contributed by atoms with Gasteiger partial charge >= 0.3 is 6.03 Å². The predicted octanol–water partition coefficient (Wildman–Crippen LogP) is 4.17. The molecule has 2 amide bonds. The van der Waals surface area contributed by atoms with Crippen molar-refractivity contribution in [2.24, 2.45) is 0 Å². The molecule has 0 saturated carbocycles. The Hall–Kier alpha value is -1.78. The molecule has 0 fully saturated rings. The number of nitrogens with one attached hydrogen (secondary N) is 2. The van der Waals surface area contributed by atoms with Crippen molar-refractivity contribution in [3.05, 3.63) is 69.5 Å². The molecule has 22 heavy (non-hydrogen) atoms. The maximum Gasteiger partial charge on any atom is 0.315 e. The van der Waals surface area contributed by atoms with Gasteiger partial charge in [0.25, 0.3) is 0 Å². The largest absolute Gasteiger partial charge is 0.338 e. The summed E-state index contributed by atoms with van der Waals surface area (Å²) in [6.45, 7) is 0.571. The molecule has 0 unspecified atom stereocenters. The van der Waals surface area contributed by atoms with Gasteiger partial charge in [0.1, 0.15) is 5.82 Å². The number of halogens is 3. The van der Waals surface area contributed by atoms with Gasteiger partial charge in [-0.15, -0.1) is 0 Å². The van der Waals surface area contributed by atoms with Crippen molar-refractivity contribution < 1.29 is 9.18 Å². The molecule has 2 rings (SSSR count). The number of benzene rings is 2. The lowest BCUT2D eigenvalue weighted by atomic mass is 10.1. The average Bonchev–Trinajstić information content (AvgIpc) is 2.45. The van der Waals surface area contributed by atoms with Gasteiger partial charge in [0.15, 0.2) is 0 Å². The van der Waals surface area contributed by atoms with E-state index in [1.807, 2.05) is 0 Å². The van der Waals surface area contributed by atoms with Crippen LogP contribution in [0, 0.1) is 5.82 Å². The summed E-state index contributed by atoms with van der Waals surface area (Å²) in [5.41, 5.74) is 1.38. The van der Waals surface area contributed by atoms with E-state index in [9.17, 15) is 9.18 Å². The van der Waals surface area contributed by atoms with Gasteiger partial charge in [-0.25, -0.2) is 9.18 Å². The molecule has 2 aromatic rings.